The number of hydrogen-bond acceptors (Lipinski definition) is 7. The Morgan fingerprint density at radius 1 is 1.05 bits per heavy atom. The molecule has 222 valence electrons. The smallest absolute Gasteiger partial charge is 0.338 e. The van der Waals surface area contributed by atoms with Crippen LogP contribution in [0.15, 0.2) is 81.7 Å². The zero-order valence-electron chi connectivity index (χ0n) is 23.5. The molecule has 0 bridgehead atoms. The molecular formula is C32H27ClI2N2O5S. The van der Waals surface area contributed by atoms with Gasteiger partial charge in [0.2, 0.25) is 0 Å². The van der Waals surface area contributed by atoms with Crippen LogP contribution in [0.4, 0.5) is 0 Å². The topological polar surface area (TPSA) is 79.1 Å². The van der Waals surface area contributed by atoms with Crippen molar-refractivity contribution in [2.24, 2.45) is 4.99 Å². The van der Waals surface area contributed by atoms with E-state index in [4.69, 9.17) is 25.8 Å². The van der Waals surface area contributed by atoms with E-state index in [2.05, 4.69) is 50.2 Å². The molecule has 0 fully saturated rings. The highest BCUT2D eigenvalue weighted by molar-refractivity contribution is 14.1. The molecule has 1 aliphatic heterocycles. The molecule has 2 heterocycles. The second kappa shape index (κ2) is 14.0. The number of thiazole rings is 1. The van der Waals surface area contributed by atoms with E-state index < -0.39 is 12.0 Å². The molecule has 0 saturated heterocycles. The fourth-order valence-corrected chi connectivity index (χ4v) is 7.95. The quantitative estimate of drug-likeness (QED) is 0.140. The van der Waals surface area contributed by atoms with Gasteiger partial charge in [0.1, 0.15) is 18.1 Å². The summed E-state index contributed by atoms with van der Waals surface area (Å²) in [4.78, 5) is 32.5. The summed E-state index contributed by atoms with van der Waals surface area (Å²) in [5.41, 5.74) is 3.09. The van der Waals surface area contributed by atoms with Crippen LogP contribution in [0.5, 0.6) is 11.5 Å². The van der Waals surface area contributed by atoms with Crippen LogP contribution in [0, 0.1) is 7.14 Å². The van der Waals surface area contributed by atoms with Gasteiger partial charge in [-0.1, -0.05) is 47.2 Å². The summed E-state index contributed by atoms with van der Waals surface area (Å²) in [6, 6.07) is 18.2. The van der Waals surface area contributed by atoms with Crippen LogP contribution < -0.4 is 24.4 Å². The minimum Gasteiger partial charge on any atom is -0.494 e. The van der Waals surface area contributed by atoms with Crippen LogP contribution in [0.3, 0.4) is 0 Å². The molecule has 3 aromatic carbocycles. The van der Waals surface area contributed by atoms with E-state index in [1.165, 1.54) is 11.3 Å². The van der Waals surface area contributed by atoms with E-state index in [9.17, 15) is 9.59 Å². The molecule has 0 aliphatic carbocycles. The molecule has 43 heavy (non-hydrogen) atoms. The van der Waals surface area contributed by atoms with Crippen LogP contribution in [0.25, 0.3) is 6.08 Å². The van der Waals surface area contributed by atoms with Crippen LogP contribution >= 0.6 is 68.1 Å². The molecule has 0 spiro atoms. The lowest BCUT2D eigenvalue weighted by atomic mass is 9.96. The van der Waals surface area contributed by atoms with Crippen molar-refractivity contribution in [2.75, 3.05) is 13.2 Å². The fourth-order valence-electron chi connectivity index (χ4n) is 4.74. The van der Waals surface area contributed by atoms with Crippen molar-refractivity contribution in [3.63, 3.8) is 0 Å². The van der Waals surface area contributed by atoms with E-state index in [1.54, 1.807) is 18.4 Å². The van der Waals surface area contributed by atoms with Crippen molar-refractivity contribution in [1.29, 1.82) is 0 Å². The predicted molar refractivity (Wildman–Crippen MR) is 186 cm³/mol. The zero-order chi connectivity index (χ0) is 30.7. The normalized spacial score (nSPS) is 14.7. The average Bonchev–Trinajstić information content (AvgIpc) is 3.27. The third-order valence-corrected chi connectivity index (χ3v) is 9.30. The number of carbonyl (C=O) groups excluding carboxylic acids is 1. The number of halogens is 3. The molecule has 0 N–H and O–H groups in total. The van der Waals surface area contributed by atoms with Crippen LogP contribution in [-0.4, -0.2) is 23.8 Å². The van der Waals surface area contributed by atoms with E-state index in [1.807, 2.05) is 73.7 Å². The van der Waals surface area contributed by atoms with Gasteiger partial charge in [-0.2, -0.15) is 0 Å². The lowest BCUT2D eigenvalue weighted by Gasteiger charge is -2.24. The number of aromatic nitrogens is 1. The van der Waals surface area contributed by atoms with Gasteiger partial charge in [0.05, 0.1) is 38.6 Å². The second-order valence-corrected chi connectivity index (χ2v) is 13.4. The maximum atomic E-state index is 14.1. The molecule has 0 saturated carbocycles. The highest BCUT2D eigenvalue weighted by atomic mass is 127. The van der Waals surface area contributed by atoms with Gasteiger partial charge in [0.25, 0.3) is 5.56 Å². The van der Waals surface area contributed by atoms with Gasteiger partial charge in [-0.05, 0) is 120 Å². The number of allylic oxidation sites excluding steroid dienone is 1. The summed E-state index contributed by atoms with van der Waals surface area (Å²) < 4.78 is 21.3. The Bertz CT molecular complexity index is 1880. The van der Waals surface area contributed by atoms with Crippen LogP contribution in [0.2, 0.25) is 5.02 Å². The van der Waals surface area contributed by atoms with Crippen molar-refractivity contribution in [1.82, 2.24) is 4.57 Å². The summed E-state index contributed by atoms with van der Waals surface area (Å²) in [6.07, 6.45) is 1.84. The van der Waals surface area contributed by atoms with Crippen molar-refractivity contribution in [2.45, 2.75) is 33.4 Å². The van der Waals surface area contributed by atoms with E-state index in [0.29, 0.717) is 50.3 Å². The molecule has 11 heteroatoms. The van der Waals surface area contributed by atoms with Crippen LogP contribution in [-0.2, 0) is 16.1 Å². The van der Waals surface area contributed by atoms with E-state index in [-0.39, 0.29) is 12.2 Å². The zero-order valence-corrected chi connectivity index (χ0v) is 29.4. The Morgan fingerprint density at radius 2 is 1.77 bits per heavy atom. The number of ether oxygens (including phenoxy) is 3. The molecule has 0 radical (unpaired) electrons. The highest BCUT2D eigenvalue weighted by Crippen LogP contribution is 2.33. The summed E-state index contributed by atoms with van der Waals surface area (Å²) in [6.45, 7) is 6.53. The van der Waals surface area contributed by atoms with E-state index >= 15 is 0 Å². The second-order valence-electron chi connectivity index (χ2n) is 9.53. The molecule has 5 rings (SSSR count). The Kier molecular flexibility index (Phi) is 10.3. The van der Waals surface area contributed by atoms with Gasteiger partial charge < -0.3 is 14.2 Å². The number of esters is 1. The van der Waals surface area contributed by atoms with Gasteiger partial charge in [-0.15, -0.1) is 0 Å². The molecular weight excluding hydrogens is 814 g/mol. The SMILES string of the molecule is CCOC(=O)C1=C(C)N=c2s/c(=C\c3cc(I)cc(I)c3OCc3ccc(Cl)cc3)c(=O)n2[C@H]1c1ccc(OCC)cc1. The molecule has 0 amide bonds. The van der Waals surface area contributed by atoms with Gasteiger partial charge >= 0.3 is 5.97 Å². The lowest BCUT2D eigenvalue weighted by Crippen LogP contribution is -2.39. The summed E-state index contributed by atoms with van der Waals surface area (Å²) in [5, 5.41) is 0.661. The number of nitrogens with zero attached hydrogens (tertiary/aromatic N) is 2. The molecule has 1 aliphatic rings. The van der Waals surface area contributed by atoms with Crippen molar-refractivity contribution < 1.29 is 19.0 Å². The first kappa shape index (κ1) is 31.7. The van der Waals surface area contributed by atoms with Gasteiger partial charge in [-0.25, -0.2) is 9.79 Å². The molecule has 1 atom stereocenters. The average molecular weight is 841 g/mol. The number of hydrogen-bond donors (Lipinski definition) is 0. The first-order valence-electron chi connectivity index (χ1n) is 13.5. The molecule has 4 aromatic rings. The van der Waals surface area contributed by atoms with Crippen molar-refractivity contribution in [3.8, 4) is 11.5 Å². The number of benzene rings is 3. The van der Waals surface area contributed by atoms with Crippen molar-refractivity contribution in [3.05, 3.63) is 120 Å². The Hall–Kier alpha value is -2.68. The Labute approximate surface area is 285 Å². The van der Waals surface area contributed by atoms with Gasteiger partial charge in [0, 0.05) is 14.2 Å². The minimum atomic E-state index is -0.704. The predicted octanol–water partition coefficient (Wildman–Crippen LogP) is 6.64. The number of carbonyl (C=O) groups is 1. The van der Waals surface area contributed by atoms with Gasteiger partial charge in [-0.3, -0.25) is 9.36 Å². The maximum Gasteiger partial charge on any atom is 0.338 e. The number of rotatable bonds is 9. The Morgan fingerprint density at radius 3 is 2.44 bits per heavy atom. The van der Waals surface area contributed by atoms with Crippen molar-refractivity contribution >= 4 is 80.2 Å². The highest BCUT2D eigenvalue weighted by Gasteiger charge is 2.33. The standard InChI is InChI=1S/C32H27ClI2N2O5S/c1-4-40-24-12-8-20(9-13-24)28-27(31(39)41-5-2)18(3)36-32-37(28)30(38)26(43-32)15-21-14-23(34)16-25(35)29(21)42-17-19-6-10-22(33)11-7-19/h6-16,28H,4-5,17H2,1-3H3/b26-15-/t28-/m0/s1. The third kappa shape index (κ3) is 7.02. The minimum absolute atomic E-state index is 0.208. The summed E-state index contributed by atoms with van der Waals surface area (Å²) in [7, 11) is 0. The largest absolute Gasteiger partial charge is 0.494 e. The monoisotopic (exact) mass is 840 g/mol. The maximum absolute atomic E-state index is 14.1. The molecule has 0 unspecified atom stereocenters. The molecule has 1 aromatic heterocycles. The summed E-state index contributed by atoms with van der Waals surface area (Å²) in [5.74, 6) is 0.881. The third-order valence-electron chi connectivity index (χ3n) is 6.64. The Balaban J connectivity index is 1.63. The molecule has 7 nitrogen and oxygen atoms in total. The first-order chi connectivity index (χ1) is 20.7. The summed E-state index contributed by atoms with van der Waals surface area (Å²) >= 11 is 11.8. The first-order valence-corrected chi connectivity index (χ1v) is 16.8. The van der Waals surface area contributed by atoms with E-state index in [0.717, 1.165) is 23.8 Å². The lowest BCUT2D eigenvalue weighted by molar-refractivity contribution is -0.139. The number of fused-ring (bicyclic) bond motifs is 1. The van der Waals surface area contributed by atoms with Crippen LogP contribution in [0.1, 0.15) is 43.5 Å². The van der Waals surface area contributed by atoms with Gasteiger partial charge in [0.15, 0.2) is 4.80 Å². The fraction of sp³-hybridized carbons (Fsp3) is 0.219.